The number of aryl methyl sites for hydroxylation is 1. The maximum absolute atomic E-state index is 12.6. The standard InChI is InChI=1S/C15H21NO4S/c1-4-11-5-6-14(20-3)13(9-11)15(17)16(2)12-7-8-21(18,19)10-12/h5-6,9,12H,4,7-8,10H2,1-3H3. The first-order valence-electron chi connectivity index (χ1n) is 7.02. The summed E-state index contributed by atoms with van der Waals surface area (Å²) in [5.41, 5.74) is 1.54. The van der Waals surface area contributed by atoms with Gasteiger partial charge in [-0.15, -0.1) is 0 Å². The highest BCUT2D eigenvalue weighted by molar-refractivity contribution is 7.91. The molecule has 6 heteroatoms. The molecule has 5 nitrogen and oxygen atoms in total. The lowest BCUT2D eigenvalue weighted by Gasteiger charge is -2.24. The van der Waals surface area contributed by atoms with E-state index < -0.39 is 9.84 Å². The van der Waals surface area contributed by atoms with Gasteiger partial charge in [-0.25, -0.2) is 8.42 Å². The number of hydrogen-bond donors (Lipinski definition) is 0. The summed E-state index contributed by atoms with van der Waals surface area (Å²) in [6, 6.07) is 5.28. The quantitative estimate of drug-likeness (QED) is 0.845. The zero-order valence-corrected chi connectivity index (χ0v) is 13.4. The van der Waals surface area contributed by atoms with Gasteiger partial charge in [0.05, 0.1) is 24.2 Å². The van der Waals surface area contributed by atoms with Crippen molar-refractivity contribution in [2.45, 2.75) is 25.8 Å². The van der Waals surface area contributed by atoms with E-state index in [1.165, 1.54) is 12.0 Å². The molecule has 1 saturated heterocycles. The summed E-state index contributed by atoms with van der Waals surface area (Å²) >= 11 is 0. The van der Waals surface area contributed by atoms with E-state index in [9.17, 15) is 13.2 Å². The Balaban J connectivity index is 2.27. The van der Waals surface area contributed by atoms with E-state index in [2.05, 4.69) is 0 Å². The number of methoxy groups -OCH3 is 1. The van der Waals surface area contributed by atoms with Crippen LogP contribution in [0, 0.1) is 0 Å². The summed E-state index contributed by atoms with van der Waals surface area (Å²) in [6.45, 7) is 2.02. The number of sulfone groups is 1. The summed E-state index contributed by atoms with van der Waals surface area (Å²) in [5, 5.41) is 0. The highest BCUT2D eigenvalue weighted by Gasteiger charge is 2.33. The van der Waals surface area contributed by atoms with Crippen LogP contribution in [0.4, 0.5) is 0 Å². The van der Waals surface area contributed by atoms with Crippen LogP contribution in [-0.4, -0.2) is 50.9 Å². The lowest BCUT2D eigenvalue weighted by atomic mass is 10.1. The smallest absolute Gasteiger partial charge is 0.257 e. The predicted octanol–water partition coefficient (Wildman–Crippen LogP) is 1.52. The lowest BCUT2D eigenvalue weighted by Crippen LogP contribution is -2.38. The molecule has 116 valence electrons. The van der Waals surface area contributed by atoms with Crippen molar-refractivity contribution in [1.82, 2.24) is 4.90 Å². The highest BCUT2D eigenvalue weighted by atomic mass is 32.2. The van der Waals surface area contributed by atoms with Gasteiger partial charge in [-0.1, -0.05) is 13.0 Å². The maximum atomic E-state index is 12.6. The third kappa shape index (κ3) is 3.37. The molecule has 1 unspecified atom stereocenters. The van der Waals surface area contributed by atoms with Gasteiger partial charge in [0.1, 0.15) is 5.75 Å². The topological polar surface area (TPSA) is 63.7 Å². The molecule has 1 aliphatic heterocycles. The van der Waals surface area contributed by atoms with E-state index in [1.807, 2.05) is 19.1 Å². The average molecular weight is 311 g/mol. The third-order valence-corrected chi connectivity index (χ3v) is 5.73. The molecule has 2 rings (SSSR count). The molecule has 1 heterocycles. The largest absolute Gasteiger partial charge is 0.496 e. The Kier molecular flexibility index (Phi) is 4.56. The molecule has 0 aromatic heterocycles. The van der Waals surface area contributed by atoms with Gasteiger partial charge >= 0.3 is 0 Å². The molecule has 1 aromatic rings. The van der Waals surface area contributed by atoms with Gasteiger partial charge in [-0.05, 0) is 30.5 Å². The van der Waals surface area contributed by atoms with Gasteiger partial charge < -0.3 is 9.64 Å². The second kappa shape index (κ2) is 6.05. The van der Waals surface area contributed by atoms with Crippen LogP contribution in [-0.2, 0) is 16.3 Å². The van der Waals surface area contributed by atoms with E-state index in [1.54, 1.807) is 13.1 Å². The molecule has 0 N–H and O–H groups in total. The van der Waals surface area contributed by atoms with Gasteiger partial charge in [0.25, 0.3) is 5.91 Å². The first-order chi connectivity index (χ1) is 9.88. The summed E-state index contributed by atoms with van der Waals surface area (Å²) < 4.78 is 28.4. The van der Waals surface area contributed by atoms with Crippen molar-refractivity contribution >= 4 is 15.7 Å². The second-order valence-corrected chi connectivity index (χ2v) is 7.59. The van der Waals surface area contributed by atoms with Crippen molar-refractivity contribution in [1.29, 1.82) is 0 Å². The van der Waals surface area contributed by atoms with Crippen LogP contribution in [0.2, 0.25) is 0 Å². The van der Waals surface area contributed by atoms with Crippen LogP contribution >= 0.6 is 0 Å². The molecule has 1 aliphatic rings. The number of rotatable bonds is 4. The Labute approximate surface area is 125 Å². The average Bonchev–Trinajstić information content (AvgIpc) is 2.85. The van der Waals surface area contributed by atoms with Gasteiger partial charge in [0, 0.05) is 13.1 Å². The first kappa shape index (κ1) is 15.8. The number of hydrogen-bond acceptors (Lipinski definition) is 4. The van der Waals surface area contributed by atoms with E-state index in [0.29, 0.717) is 17.7 Å². The van der Waals surface area contributed by atoms with Crippen molar-refractivity contribution in [2.75, 3.05) is 25.7 Å². The monoisotopic (exact) mass is 311 g/mol. The number of benzene rings is 1. The van der Waals surface area contributed by atoms with Gasteiger partial charge in [0.15, 0.2) is 9.84 Å². The van der Waals surface area contributed by atoms with Gasteiger partial charge in [-0.2, -0.15) is 0 Å². The molecule has 1 fully saturated rings. The lowest BCUT2D eigenvalue weighted by molar-refractivity contribution is 0.0744. The SMILES string of the molecule is CCc1ccc(OC)c(C(=O)N(C)C2CCS(=O)(=O)C2)c1. The zero-order chi connectivity index (χ0) is 15.6. The molecular weight excluding hydrogens is 290 g/mol. The molecule has 0 saturated carbocycles. The molecule has 0 spiro atoms. The molecule has 21 heavy (non-hydrogen) atoms. The van der Waals surface area contributed by atoms with Crippen LogP contribution in [0.5, 0.6) is 5.75 Å². The van der Waals surface area contributed by atoms with Crippen LogP contribution in [0.1, 0.15) is 29.3 Å². The molecule has 1 aromatic carbocycles. The minimum Gasteiger partial charge on any atom is -0.496 e. The normalized spacial score (nSPS) is 20.2. The first-order valence-corrected chi connectivity index (χ1v) is 8.84. The van der Waals surface area contributed by atoms with E-state index in [4.69, 9.17) is 4.74 Å². The third-order valence-electron chi connectivity index (χ3n) is 3.98. The minimum atomic E-state index is -3.01. The van der Waals surface area contributed by atoms with E-state index in [0.717, 1.165) is 12.0 Å². The summed E-state index contributed by atoms with van der Waals surface area (Å²) in [6.07, 6.45) is 1.33. The van der Waals surface area contributed by atoms with Crippen molar-refractivity contribution in [3.63, 3.8) is 0 Å². The summed E-state index contributed by atoms with van der Waals surface area (Å²) in [7, 11) is 0.174. The number of carbonyl (C=O) groups is 1. The van der Waals surface area contributed by atoms with Gasteiger partial charge in [-0.3, -0.25) is 4.79 Å². The Bertz CT molecular complexity index is 639. The number of nitrogens with zero attached hydrogens (tertiary/aromatic N) is 1. The number of carbonyl (C=O) groups excluding carboxylic acids is 1. The van der Waals surface area contributed by atoms with Crippen molar-refractivity contribution in [3.05, 3.63) is 29.3 Å². The van der Waals surface area contributed by atoms with Crippen LogP contribution in [0.25, 0.3) is 0 Å². The van der Waals surface area contributed by atoms with Gasteiger partial charge in [0.2, 0.25) is 0 Å². The van der Waals surface area contributed by atoms with Crippen molar-refractivity contribution in [2.24, 2.45) is 0 Å². The number of amides is 1. The fraction of sp³-hybridized carbons (Fsp3) is 0.533. The van der Waals surface area contributed by atoms with Crippen molar-refractivity contribution in [3.8, 4) is 5.75 Å². The maximum Gasteiger partial charge on any atom is 0.257 e. The van der Waals surface area contributed by atoms with E-state index in [-0.39, 0.29) is 23.5 Å². The molecule has 1 amide bonds. The summed E-state index contributed by atoms with van der Waals surface area (Å²) in [4.78, 5) is 14.2. The Hall–Kier alpha value is -1.56. The Morgan fingerprint density at radius 2 is 2.14 bits per heavy atom. The fourth-order valence-electron chi connectivity index (χ4n) is 2.58. The fourth-order valence-corrected chi connectivity index (χ4v) is 4.35. The second-order valence-electron chi connectivity index (χ2n) is 5.36. The van der Waals surface area contributed by atoms with E-state index >= 15 is 0 Å². The molecular formula is C15H21NO4S. The Morgan fingerprint density at radius 1 is 1.43 bits per heavy atom. The van der Waals surface area contributed by atoms with Crippen molar-refractivity contribution < 1.29 is 17.9 Å². The minimum absolute atomic E-state index is 0.0467. The van der Waals surface area contributed by atoms with Crippen LogP contribution in [0.3, 0.4) is 0 Å². The molecule has 0 aliphatic carbocycles. The Morgan fingerprint density at radius 3 is 2.67 bits per heavy atom. The summed E-state index contributed by atoms with van der Waals surface area (Å²) in [5.74, 6) is 0.529. The highest BCUT2D eigenvalue weighted by Crippen LogP contribution is 2.24. The molecule has 1 atom stereocenters. The molecule has 0 radical (unpaired) electrons. The van der Waals surface area contributed by atoms with Crippen LogP contribution < -0.4 is 4.74 Å². The van der Waals surface area contributed by atoms with Crippen LogP contribution in [0.15, 0.2) is 18.2 Å². The predicted molar refractivity (Wildman–Crippen MR) is 81.5 cm³/mol. The zero-order valence-electron chi connectivity index (χ0n) is 12.6. The molecule has 0 bridgehead atoms. The number of ether oxygens (including phenoxy) is 1.